The summed E-state index contributed by atoms with van der Waals surface area (Å²) in [5, 5.41) is 0. The van der Waals surface area contributed by atoms with Gasteiger partial charge in [-0.15, -0.1) is 0 Å². The summed E-state index contributed by atoms with van der Waals surface area (Å²) in [6.07, 6.45) is 1.58. The van der Waals surface area contributed by atoms with Gasteiger partial charge in [-0.05, 0) is 31.8 Å². The quantitative estimate of drug-likeness (QED) is 0.647. The van der Waals surface area contributed by atoms with Crippen molar-refractivity contribution in [2.75, 3.05) is 19.6 Å². The highest BCUT2D eigenvalue weighted by Gasteiger charge is 2.24. The average Bonchev–Trinajstić information content (AvgIpc) is 2.15. The Labute approximate surface area is 83.8 Å². The zero-order chi connectivity index (χ0) is 10.3. The van der Waals surface area contributed by atoms with E-state index in [-0.39, 0.29) is 7.34 Å². The summed E-state index contributed by atoms with van der Waals surface area (Å²) in [5.41, 5.74) is 0. The predicted octanol–water partition coefficient (Wildman–Crippen LogP) is 3.35. The number of hydrogen-bond donors (Lipinski definition) is 0. The third-order valence-corrected chi connectivity index (χ3v) is 2.49. The van der Waals surface area contributed by atoms with E-state index in [1.54, 1.807) is 0 Å². The van der Waals surface area contributed by atoms with Gasteiger partial charge in [0, 0.05) is 7.97 Å². The number of alkyl halides is 1. The molecule has 1 fully saturated rings. The Morgan fingerprint density at radius 2 is 2.08 bits per heavy atom. The second-order valence-corrected chi connectivity index (χ2v) is 3.58. The van der Waals surface area contributed by atoms with Crippen molar-refractivity contribution in [3.05, 3.63) is 0 Å². The van der Waals surface area contributed by atoms with Crippen LogP contribution in [0.4, 0.5) is 4.39 Å². The van der Waals surface area contributed by atoms with E-state index in [4.69, 9.17) is 0 Å². The van der Waals surface area contributed by atoms with Crippen molar-refractivity contribution in [2.45, 2.75) is 46.7 Å². The molecule has 1 heterocycles. The maximum absolute atomic E-state index is 13.1. The second kappa shape index (κ2) is 7.31. The summed E-state index contributed by atoms with van der Waals surface area (Å²) in [5.74, 6) is 0.281. The van der Waals surface area contributed by atoms with Gasteiger partial charge >= 0.3 is 0 Å². The van der Waals surface area contributed by atoms with E-state index in [0.717, 1.165) is 25.9 Å². The van der Waals surface area contributed by atoms with E-state index in [2.05, 4.69) is 11.8 Å². The summed E-state index contributed by atoms with van der Waals surface area (Å²) < 4.78 is 13.1. The van der Waals surface area contributed by atoms with Gasteiger partial charge in [0.25, 0.3) is 0 Å². The molecule has 0 bridgehead atoms. The maximum atomic E-state index is 13.1. The molecular formula is C11H26FN. The number of hydrogen-bond acceptors (Lipinski definition) is 1. The van der Waals surface area contributed by atoms with Crippen molar-refractivity contribution in [2.24, 2.45) is 5.92 Å². The van der Waals surface area contributed by atoms with E-state index < -0.39 is 6.17 Å². The van der Waals surface area contributed by atoms with Crippen LogP contribution in [0.15, 0.2) is 0 Å². The molecule has 1 nitrogen and oxygen atoms in total. The van der Waals surface area contributed by atoms with Crippen molar-refractivity contribution in [3.8, 4) is 0 Å². The number of rotatable bonds is 2. The molecule has 1 aliphatic rings. The largest absolute Gasteiger partial charge is 0.300 e. The van der Waals surface area contributed by atoms with Gasteiger partial charge in [-0.3, -0.25) is 0 Å². The fourth-order valence-corrected chi connectivity index (χ4v) is 1.60. The number of piperidine rings is 1. The van der Waals surface area contributed by atoms with Gasteiger partial charge in [0.15, 0.2) is 0 Å². The molecule has 0 amide bonds. The lowest BCUT2D eigenvalue weighted by Gasteiger charge is -2.32. The summed E-state index contributed by atoms with van der Waals surface area (Å²) in [6.45, 7) is 11.0. The van der Waals surface area contributed by atoms with E-state index >= 15 is 0 Å². The third-order valence-electron chi connectivity index (χ3n) is 2.49. The number of halogens is 1. The van der Waals surface area contributed by atoms with Crippen molar-refractivity contribution >= 4 is 0 Å². The molecule has 0 radical (unpaired) electrons. The smallest absolute Gasteiger partial charge is 0.115 e. The molecule has 13 heavy (non-hydrogen) atoms. The molecule has 0 aromatic carbocycles. The summed E-state index contributed by atoms with van der Waals surface area (Å²) in [6, 6.07) is 0. The standard InChI is InChI=1S/C9H18FN.C2H6.H2/c1-3-5-11-6-4-8(2)9(10)7-11;1-2;/h8-9H,3-7H2,1-2H3;1-2H3;1H. The van der Waals surface area contributed by atoms with Gasteiger partial charge in [0.1, 0.15) is 6.17 Å². The fraction of sp³-hybridized carbons (Fsp3) is 1.00. The molecule has 2 heteroatoms. The topological polar surface area (TPSA) is 3.24 Å². The lowest BCUT2D eigenvalue weighted by molar-refractivity contribution is 0.0936. The molecule has 0 spiro atoms. The van der Waals surface area contributed by atoms with Crippen molar-refractivity contribution in [1.82, 2.24) is 4.90 Å². The molecule has 82 valence electrons. The van der Waals surface area contributed by atoms with E-state index in [1.807, 2.05) is 20.8 Å². The second-order valence-electron chi connectivity index (χ2n) is 3.58. The Kier molecular flexibility index (Phi) is 7.25. The van der Waals surface area contributed by atoms with Crippen LogP contribution in [0.3, 0.4) is 0 Å². The van der Waals surface area contributed by atoms with E-state index in [0.29, 0.717) is 6.54 Å². The van der Waals surface area contributed by atoms with Gasteiger partial charge in [-0.25, -0.2) is 4.39 Å². The van der Waals surface area contributed by atoms with Crippen LogP contribution in [0.2, 0.25) is 0 Å². The first-order valence-corrected chi connectivity index (χ1v) is 5.60. The Hall–Kier alpha value is -0.110. The number of likely N-dealkylation sites (tertiary alicyclic amines) is 1. The molecular weight excluding hydrogens is 165 g/mol. The van der Waals surface area contributed by atoms with Crippen molar-refractivity contribution in [3.63, 3.8) is 0 Å². The Bertz CT molecular complexity index is 122. The highest BCUT2D eigenvalue weighted by atomic mass is 19.1. The maximum Gasteiger partial charge on any atom is 0.115 e. The Balaban J connectivity index is 0. The number of nitrogens with zero attached hydrogens (tertiary/aromatic N) is 1. The molecule has 1 rings (SSSR count). The molecule has 0 aromatic heterocycles. The molecule has 2 unspecified atom stereocenters. The van der Waals surface area contributed by atoms with Crippen molar-refractivity contribution in [1.29, 1.82) is 0 Å². The molecule has 1 aliphatic heterocycles. The Morgan fingerprint density at radius 1 is 1.46 bits per heavy atom. The first-order chi connectivity index (χ1) is 6.24. The molecule has 0 aliphatic carbocycles. The fourth-order valence-electron chi connectivity index (χ4n) is 1.60. The normalized spacial score (nSPS) is 29.3. The molecule has 0 saturated carbocycles. The minimum Gasteiger partial charge on any atom is -0.300 e. The van der Waals surface area contributed by atoms with Crippen LogP contribution in [-0.4, -0.2) is 30.7 Å². The SMILES string of the molecule is CC.CCCN1CCC(C)C(F)C1.[HH]. The zero-order valence-corrected chi connectivity index (χ0v) is 9.52. The minimum absolute atomic E-state index is 0. The van der Waals surface area contributed by atoms with Gasteiger partial charge in [0.2, 0.25) is 0 Å². The van der Waals surface area contributed by atoms with Crippen LogP contribution < -0.4 is 0 Å². The lowest BCUT2D eigenvalue weighted by Crippen LogP contribution is -2.41. The first kappa shape index (κ1) is 12.9. The van der Waals surface area contributed by atoms with Gasteiger partial charge in [-0.1, -0.05) is 27.7 Å². The average molecular weight is 191 g/mol. The third kappa shape index (κ3) is 4.61. The minimum atomic E-state index is -0.588. The highest BCUT2D eigenvalue weighted by molar-refractivity contribution is 4.76. The summed E-state index contributed by atoms with van der Waals surface area (Å²) >= 11 is 0. The van der Waals surface area contributed by atoms with E-state index in [1.165, 1.54) is 0 Å². The van der Waals surface area contributed by atoms with Crippen LogP contribution >= 0.6 is 0 Å². The highest BCUT2D eigenvalue weighted by Crippen LogP contribution is 2.19. The van der Waals surface area contributed by atoms with Crippen molar-refractivity contribution < 1.29 is 5.82 Å². The summed E-state index contributed by atoms with van der Waals surface area (Å²) in [7, 11) is 0. The molecule has 1 saturated heterocycles. The summed E-state index contributed by atoms with van der Waals surface area (Å²) in [4.78, 5) is 2.23. The first-order valence-electron chi connectivity index (χ1n) is 5.60. The van der Waals surface area contributed by atoms with Crippen LogP contribution in [0, 0.1) is 5.92 Å². The van der Waals surface area contributed by atoms with Crippen LogP contribution in [0.1, 0.15) is 42.0 Å². The van der Waals surface area contributed by atoms with Crippen LogP contribution in [0.5, 0.6) is 0 Å². The van der Waals surface area contributed by atoms with Gasteiger partial charge in [-0.2, -0.15) is 0 Å². The molecule has 2 atom stereocenters. The molecule has 0 aromatic rings. The monoisotopic (exact) mass is 191 g/mol. The van der Waals surface area contributed by atoms with Crippen LogP contribution in [0.25, 0.3) is 0 Å². The molecule has 0 N–H and O–H groups in total. The van der Waals surface area contributed by atoms with Gasteiger partial charge < -0.3 is 4.90 Å². The van der Waals surface area contributed by atoms with Crippen LogP contribution in [-0.2, 0) is 0 Å². The Morgan fingerprint density at radius 3 is 2.54 bits per heavy atom. The lowest BCUT2D eigenvalue weighted by atomic mass is 9.97. The predicted molar refractivity (Wildman–Crippen MR) is 58.9 cm³/mol. The van der Waals surface area contributed by atoms with Gasteiger partial charge in [0.05, 0.1) is 0 Å². The van der Waals surface area contributed by atoms with E-state index in [9.17, 15) is 4.39 Å². The zero-order valence-electron chi connectivity index (χ0n) is 9.52.